The van der Waals surface area contributed by atoms with Crippen LogP contribution >= 0.6 is 0 Å². The Labute approximate surface area is 149 Å². The summed E-state index contributed by atoms with van der Waals surface area (Å²) in [5, 5.41) is 2.96. The molecule has 2 rings (SSSR count). The van der Waals surface area contributed by atoms with Crippen LogP contribution < -0.4 is 9.62 Å². The molecule has 0 radical (unpaired) electrons. The maximum atomic E-state index is 12.8. The van der Waals surface area contributed by atoms with E-state index in [0.717, 1.165) is 28.6 Å². The molecule has 0 aliphatic heterocycles. The van der Waals surface area contributed by atoms with Gasteiger partial charge in [0.25, 0.3) is 5.91 Å². The molecule has 0 unspecified atom stereocenters. The number of sulfonamides is 1. The summed E-state index contributed by atoms with van der Waals surface area (Å²) in [5.74, 6) is -0.253. The van der Waals surface area contributed by atoms with Gasteiger partial charge in [-0.3, -0.25) is 9.10 Å². The van der Waals surface area contributed by atoms with Crippen molar-refractivity contribution < 1.29 is 13.2 Å². The van der Waals surface area contributed by atoms with Crippen molar-refractivity contribution in [1.82, 2.24) is 0 Å². The van der Waals surface area contributed by atoms with E-state index in [1.54, 1.807) is 25.1 Å². The van der Waals surface area contributed by atoms with Crippen molar-refractivity contribution in [1.29, 1.82) is 0 Å². The van der Waals surface area contributed by atoms with Gasteiger partial charge < -0.3 is 5.32 Å². The number of hydrogen-bond acceptors (Lipinski definition) is 3. The Balaban J connectivity index is 2.42. The predicted octanol–water partition coefficient (Wildman–Crippen LogP) is 3.57. The van der Waals surface area contributed by atoms with Gasteiger partial charge in [-0.25, -0.2) is 8.42 Å². The fourth-order valence-corrected chi connectivity index (χ4v) is 3.50. The van der Waals surface area contributed by atoms with Crippen LogP contribution in [0.25, 0.3) is 0 Å². The second-order valence-corrected chi connectivity index (χ2v) is 8.42. The molecule has 1 amide bonds. The van der Waals surface area contributed by atoms with E-state index in [1.165, 1.54) is 11.4 Å². The van der Waals surface area contributed by atoms with Crippen molar-refractivity contribution in [2.45, 2.75) is 27.7 Å². The van der Waals surface area contributed by atoms with Crippen molar-refractivity contribution in [2.75, 3.05) is 22.9 Å². The van der Waals surface area contributed by atoms with Gasteiger partial charge in [0.1, 0.15) is 0 Å². The van der Waals surface area contributed by atoms with Gasteiger partial charge in [-0.1, -0.05) is 23.8 Å². The summed E-state index contributed by atoms with van der Waals surface area (Å²) in [5.41, 5.74) is 5.48. The second-order valence-electron chi connectivity index (χ2n) is 6.41. The number of carbonyl (C=O) groups is 1. The minimum Gasteiger partial charge on any atom is -0.321 e. The number of nitrogens with one attached hydrogen (secondary N) is 1. The average molecular weight is 360 g/mol. The van der Waals surface area contributed by atoms with Gasteiger partial charge in [0, 0.05) is 18.3 Å². The Morgan fingerprint density at radius 3 is 2.12 bits per heavy atom. The second kappa shape index (κ2) is 6.88. The zero-order valence-electron chi connectivity index (χ0n) is 15.5. The summed E-state index contributed by atoms with van der Waals surface area (Å²) in [7, 11) is -1.92. The van der Waals surface area contributed by atoms with Crippen molar-refractivity contribution in [3.8, 4) is 0 Å². The van der Waals surface area contributed by atoms with E-state index in [4.69, 9.17) is 0 Å². The topological polar surface area (TPSA) is 66.5 Å². The number of rotatable bonds is 4. The molecule has 6 heteroatoms. The van der Waals surface area contributed by atoms with E-state index in [0.29, 0.717) is 16.8 Å². The fourth-order valence-electron chi connectivity index (χ4n) is 2.95. The van der Waals surface area contributed by atoms with Crippen LogP contribution in [0.4, 0.5) is 11.4 Å². The largest absolute Gasteiger partial charge is 0.321 e. The number of amides is 1. The van der Waals surface area contributed by atoms with E-state index in [9.17, 15) is 13.2 Å². The van der Waals surface area contributed by atoms with Crippen molar-refractivity contribution in [3.05, 3.63) is 58.1 Å². The van der Waals surface area contributed by atoms with E-state index in [2.05, 4.69) is 5.32 Å². The third kappa shape index (κ3) is 4.02. The van der Waals surface area contributed by atoms with Gasteiger partial charge in [0.15, 0.2) is 0 Å². The number of carbonyl (C=O) groups excluding carboxylic acids is 1. The monoisotopic (exact) mass is 360 g/mol. The Morgan fingerprint density at radius 1 is 1.04 bits per heavy atom. The molecule has 1 N–H and O–H groups in total. The molecule has 0 saturated heterocycles. The first-order valence-corrected chi connectivity index (χ1v) is 9.80. The molecule has 0 fully saturated rings. The summed E-state index contributed by atoms with van der Waals surface area (Å²) in [4.78, 5) is 12.8. The summed E-state index contributed by atoms with van der Waals surface area (Å²) in [6, 6.07) is 9.11. The quantitative estimate of drug-likeness (QED) is 0.906. The smallest absolute Gasteiger partial charge is 0.256 e. The molecule has 0 spiro atoms. The lowest BCUT2D eigenvalue weighted by Gasteiger charge is -2.21. The molecule has 0 aliphatic rings. The van der Waals surface area contributed by atoms with Gasteiger partial charge in [0.05, 0.1) is 11.9 Å². The van der Waals surface area contributed by atoms with Crippen LogP contribution in [0.5, 0.6) is 0 Å². The molecule has 0 heterocycles. The summed E-state index contributed by atoms with van der Waals surface area (Å²) < 4.78 is 24.8. The van der Waals surface area contributed by atoms with Crippen molar-refractivity contribution in [2.24, 2.45) is 0 Å². The molecule has 0 aliphatic carbocycles. The Morgan fingerprint density at radius 2 is 1.60 bits per heavy atom. The molecule has 0 atom stereocenters. The Bertz CT molecular complexity index is 911. The Kier molecular flexibility index (Phi) is 5.23. The van der Waals surface area contributed by atoms with Crippen LogP contribution in [0.2, 0.25) is 0 Å². The third-order valence-corrected chi connectivity index (χ3v) is 5.49. The predicted molar refractivity (Wildman–Crippen MR) is 103 cm³/mol. The molecular weight excluding hydrogens is 336 g/mol. The summed E-state index contributed by atoms with van der Waals surface area (Å²) >= 11 is 0. The summed E-state index contributed by atoms with van der Waals surface area (Å²) in [6.45, 7) is 7.67. The zero-order valence-corrected chi connectivity index (χ0v) is 16.3. The van der Waals surface area contributed by atoms with Crippen molar-refractivity contribution >= 4 is 27.3 Å². The minimum absolute atomic E-state index is 0.253. The molecule has 134 valence electrons. The number of benzene rings is 2. The highest BCUT2D eigenvalue weighted by molar-refractivity contribution is 7.92. The van der Waals surface area contributed by atoms with Crippen molar-refractivity contribution in [3.63, 3.8) is 0 Å². The number of hydrogen-bond donors (Lipinski definition) is 1. The van der Waals surface area contributed by atoms with E-state index >= 15 is 0 Å². The lowest BCUT2D eigenvalue weighted by molar-refractivity contribution is 0.102. The highest BCUT2D eigenvalue weighted by atomic mass is 32.2. The lowest BCUT2D eigenvalue weighted by Crippen LogP contribution is -2.26. The first-order valence-electron chi connectivity index (χ1n) is 7.95. The molecule has 0 saturated carbocycles. The SMILES string of the molecule is Cc1cc(C)c(NC(=O)c2cccc(N(C)S(C)(=O)=O)c2C)c(C)c1. The molecule has 0 bridgehead atoms. The lowest BCUT2D eigenvalue weighted by atomic mass is 10.0. The number of anilines is 2. The first-order chi connectivity index (χ1) is 11.5. The van der Waals surface area contributed by atoms with Gasteiger partial charge in [-0.2, -0.15) is 0 Å². The van der Waals surface area contributed by atoms with Gasteiger partial charge in [-0.05, 0) is 56.5 Å². The molecule has 2 aromatic rings. The maximum Gasteiger partial charge on any atom is 0.256 e. The molecular formula is C19H24N2O3S. The minimum atomic E-state index is -3.40. The third-order valence-electron chi connectivity index (χ3n) is 4.30. The van der Waals surface area contributed by atoms with Crippen LogP contribution in [-0.4, -0.2) is 27.6 Å². The van der Waals surface area contributed by atoms with Crippen LogP contribution in [0.15, 0.2) is 30.3 Å². The molecule has 5 nitrogen and oxygen atoms in total. The molecule has 2 aromatic carbocycles. The highest BCUT2D eigenvalue weighted by Gasteiger charge is 2.19. The first kappa shape index (κ1) is 19.0. The van der Waals surface area contributed by atoms with Crippen LogP contribution in [-0.2, 0) is 10.0 Å². The van der Waals surface area contributed by atoms with Gasteiger partial charge in [-0.15, -0.1) is 0 Å². The van der Waals surface area contributed by atoms with E-state index in [-0.39, 0.29) is 5.91 Å². The summed E-state index contributed by atoms with van der Waals surface area (Å²) in [6.07, 6.45) is 1.14. The molecule has 25 heavy (non-hydrogen) atoms. The molecule has 0 aromatic heterocycles. The van der Waals surface area contributed by atoms with E-state index in [1.807, 2.05) is 32.9 Å². The number of nitrogens with zero attached hydrogens (tertiary/aromatic N) is 1. The van der Waals surface area contributed by atoms with Crippen LogP contribution in [0.3, 0.4) is 0 Å². The standard InChI is InChI=1S/C19H24N2O3S/c1-12-10-13(2)18(14(3)11-12)20-19(22)16-8-7-9-17(15(16)4)21(5)25(6,23)24/h7-11H,1-6H3,(H,20,22). The van der Waals surface area contributed by atoms with Crippen LogP contribution in [0, 0.1) is 27.7 Å². The average Bonchev–Trinajstić information content (AvgIpc) is 2.49. The Hall–Kier alpha value is -2.34. The highest BCUT2D eigenvalue weighted by Crippen LogP contribution is 2.27. The normalized spacial score (nSPS) is 11.3. The fraction of sp³-hybridized carbons (Fsp3) is 0.316. The van der Waals surface area contributed by atoms with Gasteiger partial charge >= 0.3 is 0 Å². The number of aryl methyl sites for hydroxylation is 3. The zero-order chi connectivity index (χ0) is 18.9. The van der Waals surface area contributed by atoms with E-state index < -0.39 is 10.0 Å². The van der Waals surface area contributed by atoms with Crippen LogP contribution in [0.1, 0.15) is 32.6 Å². The maximum absolute atomic E-state index is 12.8. The van der Waals surface area contributed by atoms with Gasteiger partial charge in [0.2, 0.25) is 10.0 Å².